The number of rotatable bonds is 3. The van der Waals surface area contributed by atoms with Gasteiger partial charge in [-0.25, -0.2) is 0 Å². The van der Waals surface area contributed by atoms with Crippen molar-refractivity contribution < 1.29 is 9.90 Å². The number of aliphatic carboxylic acids is 1. The molecule has 1 heterocycles. The van der Waals surface area contributed by atoms with Crippen molar-refractivity contribution in [3.8, 4) is 0 Å². The maximum atomic E-state index is 11.4. The first-order valence-electron chi connectivity index (χ1n) is 6.27. The van der Waals surface area contributed by atoms with Crippen LogP contribution in [-0.2, 0) is 4.79 Å². The minimum Gasteiger partial charge on any atom is -0.481 e. The predicted octanol–water partition coefficient (Wildman–Crippen LogP) is 0.879. The molecule has 0 radical (unpaired) electrons. The molecule has 1 N–H and O–H groups in total. The van der Waals surface area contributed by atoms with Gasteiger partial charge in [0.05, 0.1) is 5.41 Å². The molecule has 2 fully saturated rings. The zero-order valence-corrected chi connectivity index (χ0v) is 10.1. The van der Waals surface area contributed by atoms with Gasteiger partial charge in [0, 0.05) is 32.7 Å². The van der Waals surface area contributed by atoms with Crippen LogP contribution in [0.5, 0.6) is 0 Å². The van der Waals surface area contributed by atoms with Crippen LogP contribution < -0.4 is 0 Å². The van der Waals surface area contributed by atoms with Gasteiger partial charge in [-0.15, -0.1) is 0 Å². The molecule has 0 unspecified atom stereocenters. The molecule has 2 aliphatic rings. The first kappa shape index (κ1) is 11.9. The zero-order chi connectivity index (χ0) is 11.6. The Bertz CT molecular complexity index is 254. The molecule has 1 saturated carbocycles. The lowest BCUT2D eigenvalue weighted by atomic mass is 9.85. The molecule has 4 nitrogen and oxygen atoms in total. The lowest BCUT2D eigenvalue weighted by molar-refractivity contribution is -0.150. The largest absolute Gasteiger partial charge is 0.481 e. The highest BCUT2D eigenvalue weighted by atomic mass is 16.4. The number of nitrogens with zero attached hydrogens (tertiary/aromatic N) is 2. The Hall–Kier alpha value is -0.610. The molecular weight excluding hydrogens is 204 g/mol. The van der Waals surface area contributed by atoms with Crippen molar-refractivity contribution in [2.75, 3.05) is 39.8 Å². The summed E-state index contributed by atoms with van der Waals surface area (Å²) in [6.45, 7) is 4.93. The van der Waals surface area contributed by atoms with Crippen LogP contribution in [0.25, 0.3) is 0 Å². The average molecular weight is 226 g/mol. The van der Waals surface area contributed by atoms with E-state index in [1.165, 1.54) is 0 Å². The Labute approximate surface area is 97.2 Å². The molecule has 0 amide bonds. The molecule has 1 saturated heterocycles. The molecule has 0 spiro atoms. The summed E-state index contributed by atoms with van der Waals surface area (Å²) in [5, 5.41) is 9.41. The number of carbonyl (C=O) groups is 1. The minimum absolute atomic E-state index is 0.435. The summed E-state index contributed by atoms with van der Waals surface area (Å²) < 4.78 is 0. The fourth-order valence-electron chi connectivity index (χ4n) is 2.93. The van der Waals surface area contributed by atoms with E-state index in [9.17, 15) is 9.90 Å². The Morgan fingerprint density at radius 3 is 2.25 bits per heavy atom. The molecule has 0 aromatic heterocycles. The van der Waals surface area contributed by atoms with Gasteiger partial charge < -0.3 is 10.0 Å². The number of hydrogen-bond acceptors (Lipinski definition) is 3. The molecule has 92 valence electrons. The van der Waals surface area contributed by atoms with E-state index in [1.54, 1.807) is 0 Å². The number of hydrogen-bond donors (Lipinski definition) is 1. The Morgan fingerprint density at radius 2 is 1.75 bits per heavy atom. The van der Waals surface area contributed by atoms with Gasteiger partial charge in [0.1, 0.15) is 0 Å². The highest BCUT2D eigenvalue weighted by molar-refractivity contribution is 5.75. The van der Waals surface area contributed by atoms with Crippen LogP contribution in [0.3, 0.4) is 0 Å². The minimum atomic E-state index is -0.580. The number of carboxylic acids is 1. The van der Waals surface area contributed by atoms with Gasteiger partial charge in [0.2, 0.25) is 0 Å². The Kier molecular flexibility index (Phi) is 3.50. The summed E-state index contributed by atoms with van der Waals surface area (Å²) in [5.74, 6) is -0.580. The topological polar surface area (TPSA) is 43.8 Å². The first-order valence-corrected chi connectivity index (χ1v) is 6.27. The fourth-order valence-corrected chi connectivity index (χ4v) is 2.93. The molecule has 0 aromatic rings. The summed E-state index contributed by atoms with van der Waals surface area (Å²) >= 11 is 0. The van der Waals surface area contributed by atoms with E-state index < -0.39 is 11.4 Å². The highest BCUT2D eigenvalue weighted by Gasteiger charge is 2.42. The summed E-state index contributed by atoms with van der Waals surface area (Å²) in [5.41, 5.74) is -0.435. The van der Waals surface area contributed by atoms with Gasteiger partial charge in [0.15, 0.2) is 0 Å². The van der Waals surface area contributed by atoms with Crippen molar-refractivity contribution >= 4 is 5.97 Å². The van der Waals surface area contributed by atoms with E-state index in [4.69, 9.17) is 0 Å². The van der Waals surface area contributed by atoms with E-state index in [0.29, 0.717) is 0 Å². The highest BCUT2D eigenvalue weighted by Crippen LogP contribution is 2.39. The number of carboxylic acid groups (broad SMARTS) is 1. The SMILES string of the molecule is CN1CCN(CC2(C(=O)O)CCCC2)CC1. The van der Waals surface area contributed by atoms with Gasteiger partial charge in [-0.2, -0.15) is 0 Å². The summed E-state index contributed by atoms with van der Waals surface area (Å²) in [7, 11) is 2.12. The van der Waals surface area contributed by atoms with Crippen LogP contribution in [0.1, 0.15) is 25.7 Å². The third kappa shape index (κ3) is 2.38. The smallest absolute Gasteiger partial charge is 0.310 e. The van der Waals surface area contributed by atoms with Crippen molar-refractivity contribution in [2.45, 2.75) is 25.7 Å². The Balaban J connectivity index is 1.93. The maximum Gasteiger partial charge on any atom is 0.310 e. The van der Waals surface area contributed by atoms with Crippen molar-refractivity contribution in [1.82, 2.24) is 9.80 Å². The van der Waals surface area contributed by atoms with Crippen LogP contribution in [0.15, 0.2) is 0 Å². The molecule has 1 aliphatic heterocycles. The molecule has 1 aliphatic carbocycles. The molecule has 2 rings (SSSR count). The zero-order valence-electron chi connectivity index (χ0n) is 10.1. The predicted molar refractivity (Wildman–Crippen MR) is 62.5 cm³/mol. The molecule has 16 heavy (non-hydrogen) atoms. The average Bonchev–Trinajstić information content (AvgIpc) is 2.71. The van der Waals surface area contributed by atoms with Crippen LogP contribution in [0.4, 0.5) is 0 Å². The second-order valence-electron chi connectivity index (χ2n) is 5.37. The van der Waals surface area contributed by atoms with E-state index in [-0.39, 0.29) is 0 Å². The quantitative estimate of drug-likeness (QED) is 0.776. The monoisotopic (exact) mass is 226 g/mol. The fraction of sp³-hybridized carbons (Fsp3) is 0.917. The molecular formula is C12H22N2O2. The van der Waals surface area contributed by atoms with Gasteiger partial charge in [0.25, 0.3) is 0 Å². The normalized spacial score (nSPS) is 27.1. The first-order chi connectivity index (χ1) is 7.62. The molecule has 4 heteroatoms. The van der Waals surface area contributed by atoms with E-state index in [2.05, 4.69) is 16.8 Å². The lowest BCUT2D eigenvalue weighted by Gasteiger charge is -2.37. The standard InChI is InChI=1S/C12H22N2O2/c1-13-6-8-14(9-7-13)10-12(11(15)16)4-2-3-5-12/h2-10H2,1H3,(H,15,16). The third-order valence-electron chi connectivity index (χ3n) is 4.14. The van der Waals surface area contributed by atoms with Crippen LogP contribution >= 0.6 is 0 Å². The second-order valence-corrected chi connectivity index (χ2v) is 5.37. The third-order valence-corrected chi connectivity index (χ3v) is 4.14. The maximum absolute atomic E-state index is 11.4. The van der Waals surface area contributed by atoms with E-state index >= 15 is 0 Å². The van der Waals surface area contributed by atoms with Gasteiger partial charge in [-0.3, -0.25) is 9.69 Å². The van der Waals surface area contributed by atoms with Crippen molar-refractivity contribution in [1.29, 1.82) is 0 Å². The summed E-state index contributed by atoms with van der Waals surface area (Å²) in [6, 6.07) is 0. The molecule has 0 bridgehead atoms. The number of likely N-dealkylation sites (N-methyl/N-ethyl adjacent to an activating group) is 1. The molecule has 0 aromatic carbocycles. The van der Waals surface area contributed by atoms with Gasteiger partial charge in [-0.05, 0) is 19.9 Å². The van der Waals surface area contributed by atoms with Crippen LogP contribution in [0.2, 0.25) is 0 Å². The van der Waals surface area contributed by atoms with Crippen molar-refractivity contribution in [2.24, 2.45) is 5.41 Å². The number of piperazine rings is 1. The van der Waals surface area contributed by atoms with Crippen molar-refractivity contribution in [3.63, 3.8) is 0 Å². The lowest BCUT2D eigenvalue weighted by Crippen LogP contribution is -2.50. The molecule has 0 atom stereocenters. The van der Waals surface area contributed by atoms with Gasteiger partial charge >= 0.3 is 5.97 Å². The van der Waals surface area contributed by atoms with Gasteiger partial charge in [-0.1, -0.05) is 12.8 Å². The summed E-state index contributed by atoms with van der Waals surface area (Å²) in [6.07, 6.45) is 3.91. The van der Waals surface area contributed by atoms with E-state index in [1.807, 2.05) is 0 Å². The second kappa shape index (κ2) is 4.72. The van der Waals surface area contributed by atoms with Crippen molar-refractivity contribution in [3.05, 3.63) is 0 Å². The Morgan fingerprint density at radius 1 is 1.19 bits per heavy atom. The van der Waals surface area contributed by atoms with E-state index in [0.717, 1.165) is 58.4 Å². The van der Waals surface area contributed by atoms with Crippen LogP contribution in [-0.4, -0.2) is 60.6 Å². The summed E-state index contributed by atoms with van der Waals surface area (Å²) in [4.78, 5) is 16.1. The van der Waals surface area contributed by atoms with Crippen LogP contribution in [0, 0.1) is 5.41 Å².